The maximum atomic E-state index is 13.7. The van der Waals surface area contributed by atoms with Crippen LogP contribution >= 0.6 is 0 Å². The highest BCUT2D eigenvalue weighted by atomic mass is 16.5. The van der Waals surface area contributed by atoms with E-state index in [-0.39, 0.29) is 11.9 Å². The molecule has 0 unspecified atom stereocenters. The number of methoxy groups -OCH3 is 1. The lowest BCUT2D eigenvalue weighted by Gasteiger charge is -2.36. The first-order chi connectivity index (χ1) is 14.2. The fraction of sp³-hybridized carbons (Fsp3) is 0.240. The Hall–Kier alpha value is -3.27. The molecule has 1 saturated heterocycles. The number of fused-ring (bicyclic) bond motifs is 2. The van der Waals surface area contributed by atoms with Gasteiger partial charge in [-0.05, 0) is 47.9 Å². The summed E-state index contributed by atoms with van der Waals surface area (Å²) in [4.78, 5) is 17.9. The molecule has 0 aliphatic carbocycles. The van der Waals surface area contributed by atoms with Gasteiger partial charge in [0.2, 0.25) is 5.91 Å². The van der Waals surface area contributed by atoms with Crippen LogP contribution in [-0.4, -0.2) is 26.6 Å². The molecule has 0 aromatic heterocycles. The number of amides is 1. The fourth-order valence-electron chi connectivity index (χ4n) is 5.15. The average Bonchev–Trinajstić information content (AvgIpc) is 3.28. The van der Waals surface area contributed by atoms with Gasteiger partial charge in [-0.25, -0.2) is 0 Å². The molecular weight excluding hydrogens is 360 g/mol. The summed E-state index contributed by atoms with van der Waals surface area (Å²) in [6.45, 7) is 0.819. The largest absolute Gasteiger partial charge is 0.497 e. The molecule has 0 radical (unpaired) electrons. The first kappa shape index (κ1) is 17.8. The van der Waals surface area contributed by atoms with Crippen molar-refractivity contribution in [1.29, 1.82) is 0 Å². The van der Waals surface area contributed by atoms with E-state index < -0.39 is 5.41 Å². The molecule has 0 N–H and O–H groups in total. The zero-order valence-electron chi connectivity index (χ0n) is 16.7. The summed E-state index contributed by atoms with van der Waals surface area (Å²) < 4.78 is 5.33. The van der Waals surface area contributed by atoms with Crippen molar-refractivity contribution in [3.63, 3.8) is 0 Å². The van der Waals surface area contributed by atoms with Crippen LogP contribution in [0.4, 0.5) is 11.4 Å². The third-order valence-electron chi connectivity index (χ3n) is 6.48. The van der Waals surface area contributed by atoms with Gasteiger partial charge in [-0.15, -0.1) is 0 Å². The fourth-order valence-corrected chi connectivity index (χ4v) is 5.15. The molecule has 2 heterocycles. The molecule has 1 spiro atoms. The molecule has 0 bridgehead atoms. The number of carbonyl (C=O) groups excluding carboxylic acids is 1. The van der Waals surface area contributed by atoms with E-state index in [0.717, 1.165) is 35.7 Å². The highest BCUT2D eigenvalue weighted by Crippen LogP contribution is 2.57. The number of ether oxygens (including phenoxy) is 1. The lowest BCUT2D eigenvalue weighted by Crippen LogP contribution is -2.43. The molecule has 5 rings (SSSR count). The van der Waals surface area contributed by atoms with Gasteiger partial charge in [0, 0.05) is 25.0 Å². The molecule has 29 heavy (non-hydrogen) atoms. The predicted octanol–water partition coefficient (Wildman–Crippen LogP) is 4.56. The average molecular weight is 384 g/mol. The van der Waals surface area contributed by atoms with Crippen molar-refractivity contribution < 1.29 is 9.53 Å². The van der Waals surface area contributed by atoms with E-state index >= 15 is 0 Å². The van der Waals surface area contributed by atoms with Crippen LogP contribution in [0.5, 0.6) is 5.75 Å². The second-order valence-electron chi connectivity index (χ2n) is 7.81. The number of rotatable bonds is 3. The summed E-state index contributed by atoms with van der Waals surface area (Å²) in [7, 11) is 3.57. The SMILES string of the molecule is COc1ccc(N2CC[C@@]3(C(=O)N(C)c4ccccc43)[C@@H]2c2ccccc2)cc1. The van der Waals surface area contributed by atoms with Crippen molar-refractivity contribution in [1.82, 2.24) is 0 Å². The first-order valence-electron chi connectivity index (χ1n) is 10.00. The van der Waals surface area contributed by atoms with Crippen LogP contribution < -0.4 is 14.5 Å². The van der Waals surface area contributed by atoms with Crippen LogP contribution in [0.15, 0.2) is 78.9 Å². The maximum absolute atomic E-state index is 13.7. The summed E-state index contributed by atoms with van der Waals surface area (Å²) in [6, 6.07) is 26.7. The monoisotopic (exact) mass is 384 g/mol. The topological polar surface area (TPSA) is 32.8 Å². The number of nitrogens with zero attached hydrogens (tertiary/aromatic N) is 2. The Morgan fingerprint density at radius 3 is 2.34 bits per heavy atom. The van der Waals surface area contributed by atoms with Crippen molar-refractivity contribution in [3.05, 3.63) is 90.0 Å². The number of carbonyl (C=O) groups is 1. The number of hydrogen-bond donors (Lipinski definition) is 0. The molecule has 1 amide bonds. The van der Waals surface area contributed by atoms with Crippen molar-refractivity contribution in [2.24, 2.45) is 0 Å². The number of para-hydroxylation sites is 1. The van der Waals surface area contributed by atoms with Crippen molar-refractivity contribution in [2.45, 2.75) is 17.9 Å². The molecule has 3 aromatic carbocycles. The lowest BCUT2D eigenvalue weighted by molar-refractivity contribution is -0.123. The minimum atomic E-state index is -0.577. The van der Waals surface area contributed by atoms with Crippen molar-refractivity contribution in [2.75, 3.05) is 30.5 Å². The van der Waals surface area contributed by atoms with E-state index in [2.05, 4.69) is 53.4 Å². The zero-order valence-corrected chi connectivity index (χ0v) is 16.7. The summed E-state index contributed by atoms with van der Waals surface area (Å²) in [5.41, 5.74) is 3.86. The highest BCUT2D eigenvalue weighted by molar-refractivity contribution is 6.09. The van der Waals surface area contributed by atoms with Crippen LogP contribution in [0.25, 0.3) is 0 Å². The molecule has 3 aromatic rings. The van der Waals surface area contributed by atoms with Crippen LogP contribution in [0, 0.1) is 0 Å². The van der Waals surface area contributed by atoms with Gasteiger partial charge < -0.3 is 14.5 Å². The predicted molar refractivity (Wildman–Crippen MR) is 116 cm³/mol. The van der Waals surface area contributed by atoms with Gasteiger partial charge in [-0.1, -0.05) is 48.5 Å². The Labute approximate surface area is 171 Å². The van der Waals surface area contributed by atoms with Gasteiger partial charge in [-0.2, -0.15) is 0 Å². The normalized spacial score (nSPS) is 23.0. The standard InChI is InChI=1S/C25H24N2O2/c1-26-22-11-7-6-10-21(22)25(24(26)28)16-17-27(19-12-14-20(29-2)15-13-19)23(25)18-8-4-3-5-9-18/h3-15,23H,16-17H2,1-2H3/t23-,25-/m0/s1. The van der Waals surface area contributed by atoms with Gasteiger partial charge in [0.1, 0.15) is 11.2 Å². The summed E-state index contributed by atoms with van der Waals surface area (Å²) >= 11 is 0. The van der Waals surface area contributed by atoms with Gasteiger partial charge in [0.25, 0.3) is 0 Å². The smallest absolute Gasteiger partial charge is 0.240 e. The first-order valence-corrected chi connectivity index (χ1v) is 10.00. The highest BCUT2D eigenvalue weighted by Gasteiger charge is 2.60. The second-order valence-corrected chi connectivity index (χ2v) is 7.81. The second kappa shape index (κ2) is 6.66. The third-order valence-corrected chi connectivity index (χ3v) is 6.48. The van der Waals surface area contributed by atoms with Gasteiger partial charge >= 0.3 is 0 Å². The minimum Gasteiger partial charge on any atom is -0.497 e. The van der Waals surface area contributed by atoms with Crippen LogP contribution in [0.1, 0.15) is 23.6 Å². The summed E-state index contributed by atoms with van der Waals surface area (Å²) in [5, 5.41) is 0. The molecule has 1 fully saturated rings. The lowest BCUT2D eigenvalue weighted by atomic mass is 9.72. The third kappa shape index (κ3) is 2.48. The maximum Gasteiger partial charge on any atom is 0.240 e. The van der Waals surface area contributed by atoms with Crippen molar-refractivity contribution in [3.8, 4) is 5.75 Å². The van der Waals surface area contributed by atoms with E-state index in [1.54, 1.807) is 7.11 Å². The molecule has 2 aliphatic heterocycles. The quantitative estimate of drug-likeness (QED) is 0.664. The summed E-state index contributed by atoms with van der Waals surface area (Å²) in [5.74, 6) is 1.02. The number of anilines is 2. The van der Waals surface area contributed by atoms with Gasteiger partial charge in [0.05, 0.1) is 13.2 Å². The summed E-state index contributed by atoms with van der Waals surface area (Å²) in [6.07, 6.45) is 0.790. The molecular formula is C25H24N2O2. The van der Waals surface area contributed by atoms with Crippen LogP contribution in [-0.2, 0) is 10.2 Å². The number of hydrogen-bond acceptors (Lipinski definition) is 3. The van der Waals surface area contributed by atoms with Crippen molar-refractivity contribution >= 4 is 17.3 Å². The van der Waals surface area contributed by atoms with Gasteiger partial charge in [-0.3, -0.25) is 4.79 Å². The van der Waals surface area contributed by atoms with E-state index in [1.165, 1.54) is 5.56 Å². The molecule has 2 aliphatic rings. The van der Waals surface area contributed by atoms with E-state index in [1.807, 2.05) is 42.3 Å². The van der Waals surface area contributed by atoms with Gasteiger partial charge in [0.15, 0.2) is 0 Å². The molecule has 4 heteroatoms. The van der Waals surface area contributed by atoms with E-state index in [0.29, 0.717) is 0 Å². The van der Waals surface area contributed by atoms with E-state index in [9.17, 15) is 4.79 Å². The molecule has 146 valence electrons. The molecule has 2 atom stereocenters. The molecule has 0 saturated carbocycles. The minimum absolute atomic E-state index is 0.0595. The van der Waals surface area contributed by atoms with Crippen LogP contribution in [0.3, 0.4) is 0 Å². The Bertz CT molecular complexity index is 1050. The number of benzene rings is 3. The van der Waals surface area contributed by atoms with E-state index in [4.69, 9.17) is 4.74 Å². The Morgan fingerprint density at radius 1 is 0.931 bits per heavy atom. The molecule has 4 nitrogen and oxygen atoms in total. The Kier molecular flexibility index (Phi) is 4.09. The Balaban J connectivity index is 1.69. The van der Waals surface area contributed by atoms with Crippen LogP contribution in [0.2, 0.25) is 0 Å². The Morgan fingerprint density at radius 2 is 1.62 bits per heavy atom. The number of likely N-dealkylation sites (N-methyl/N-ethyl adjacent to an activating group) is 1. The zero-order chi connectivity index (χ0) is 20.0.